The lowest BCUT2D eigenvalue weighted by Gasteiger charge is -2.33. The summed E-state index contributed by atoms with van der Waals surface area (Å²) < 4.78 is -0.582. The van der Waals surface area contributed by atoms with Gasteiger partial charge in [0.05, 0.1) is 11.9 Å². The topological polar surface area (TPSA) is 111 Å². The Labute approximate surface area is 265 Å². The minimum Gasteiger partial charge on any atom is -0.381 e. The summed E-state index contributed by atoms with van der Waals surface area (Å²) in [6.07, 6.45) is -1.36. The smallest absolute Gasteiger partial charge is 0.319 e. The summed E-state index contributed by atoms with van der Waals surface area (Å²) in [5.74, 6) is -0.641. The van der Waals surface area contributed by atoms with Gasteiger partial charge in [0, 0.05) is 17.0 Å². The Morgan fingerprint density at radius 1 is 0.977 bits per heavy atom. The molecule has 0 spiro atoms. The number of carbonyl (C=O) groups is 3. The fourth-order valence-corrected chi connectivity index (χ4v) is 6.67. The molecule has 8 nitrogen and oxygen atoms in total. The number of para-hydroxylation sites is 1. The van der Waals surface area contributed by atoms with Gasteiger partial charge in [-0.1, -0.05) is 93.6 Å². The zero-order valence-corrected chi connectivity index (χ0v) is 27.2. The van der Waals surface area contributed by atoms with E-state index in [9.17, 15) is 19.5 Å². The maximum atomic E-state index is 13.9. The van der Waals surface area contributed by atoms with Crippen LogP contribution in [0.2, 0.25) is 0 Å². The van der Waals surface area contributed by atoms with Crippen LogP contribution in [0.1, 0.15) is 56.9 Å². The summed E-state index contributed by atoms with van der Waals surface area (Å²) in [4.78, 5) is 42.3. The number of benzene rings is 3. The molecule has 3 unspecified atom stereocenters. The van der Waals surface area contributed by atoms with Gasteiger partial charge in [-0.3, -0.25) is 9.59 Å². The van der Waals surface area contributed by atoms with Crippen LogP contribution >= 0.6 is 11.8 Å². The highest BCUT2D eigenvalue weighted by molar-refractivity contribution is 8.00. The van der Waals surface area contributed by atoms with Crippen molar-refractivity contribution < 1.29 is 19.5 Å². The molecule has 0 radical (unpaired) electrons. The quantitative estimate of drug-likeness (QED) is 0.258. The number of nitrogens with zero attached hydrogens (tertiary/aromatic N) is 1. The van der Waals surface area contributed by atoms with Crippen LogP contribution < -0.4 is 16.0 Å². The number of nitrogens with one attached hydrogen (secondary N) is 3. The van der Waals surface area contributed by atoms with Crippen LogP contribution in [0.25, 0.3) is 0 Å². The molecular formula is C35H44N4O4S. The number of anilines is 1. The van der Waals surface area contributed by atoms with Gasteiger partial charge < -0.3 is 26.0 Å². The number of rotatable bonds is 9. The lowest BCUT2D eigenvalue weighted by atomic mass is 9.86. The van der Waals surface area contributed by atoms with Crippen LogP contribution in [0.15, 0.2) is 78.9 Å². The molecule has 4 amide bonds. The second kappa shape index (κ2) is 13.9. The van der Waals surface area contributed by atoms with Crippen LogP contribution in [-0.2, 0) is 28.0 Å². The third-order valence-corrected chi connectivity index (χ3v) is 9.40. The molecule has 0 bridgehead atoms. The van der Waals surface area contributed by atoms with Crippen molar-refractivity contribution in [3.05, 3.63) is 101 Å². The Morgan fingerprint density at radius 2 is 1.61 bits per heavy atom. The zero-order chi connectivity index (χ0) is 32.1. The predicted molar refractivity (Wildman–Crippen MR) is 177 cm³/mol. The third-order valence-electron chi connectivity index (χ3n) is 8.02. The summed E-state index contributed by atoms with van der Waals surface area (Å²) in [7, 11) is 0. The second-order valence-corrected chi connectivity index (χ2v) is 14.5. The molecule has 0 aromatic heterocycles. The average Bonchev–Trinajstić information content (AvgIpc) is 3.30. The maximum absolute atomic E-state index is 13.9. The summed E-state index contributed by atoms with van der Waals surface area (Å²) >= 11 is 1.48. The van der Waals surface area contributed by atoms with Crippen LogP contribution in [0, 0.1) is 6.92 Å². The molecular weight excluding hydrogens is 572 g/mol. The van der Waals surface area contributed by atoms with Gasteiger partial charge in [0.2, 0.25) is 5.91 Å². The van der Waals surface area contributed by atoms with Gasteiger partial charge in [0.1, 0.15) is 6.04 Å². The van der Waals surface area contributed by atoms with E-state index in [2.05, 4.69) is 36.7 Å². The van der Waals surface area contributed by atoms with Crippen molar-refractivity contribution in [2.75, 3.05) is 11.2 Å². The van der Waals surface area contributed by atoms with E-state index in [0.29, 0.717) is 12.2 Å². The van der Waals surface area contributed by atoms with Gasteiger partial charge in [-0.2, -0.15) is 0 Å². The van der Waals surface area contributed by atoms with Gasteiger partial charge in [0.25, 0.3) is 5.91 Å². The molecule has 3 atom stereocenters. The van der Waals surface area contributed by atoms with E-state index in [4.69, 9.17) is 0 Å². The molecule has 0 saturated carbocycles. The molecule has 0 aliphatic carbocycles. The lowest BCUT2D eigenvalue weighted by Crippen LogP contribution is -2.59. The lowest BCUT2D eigenvalue weighted by molar-refractivity contribution is -0.147. The highest BCUT2D eigenvalue weighted by Gasteiger charge is 2.49. The van der Waals surface area contributed by atoms with Gasteiger partial charge in [0.15, 0.2) is 6.10 Å². The number of urea groups is 1. The largest absolute Gasteiger partial charge is 0.381 e. The Morgan fingerprint density at radius 3 is 2.30 bits per heavy atom. The number of aliphatic hydroxyl groups excluding tert-OH is 1. The molecule has 4 N–H and O–H groups in total. The molecule has 1 saturated heterocycles. The van der Waals surface area contributed by atoms with Crippen molar-refractivity contribution in [2.24, 2.45) is 0 Å². The number of hydrogen-bond donors (Lipinski definition) is 4. The van der Waals surface area contributed by atoms with Crippen LogP contribution in [0.3, 0.4) is 0 Å². The third kappa shape index (κ3) is 8.01. The van der Waals surface area contributed by atoms with Crippen molar-refractivity contribution in [1.29, 1.82) is 0 Å². The summed E-state index contributed by atoms with van der Waals surface area (Å²) in [6.45, 7) is 12.4. The first-order valence-electron chi connectivity index (χ1n) is 14.9. The fourth-order valence-electron chi connectivity index (χ4n) is 5.52. The molecule has 4 rings (SSSR count). The monoisotopic (exact) mass is 616 g/mol. The number of amides is 4. The van der Waals surface area contributed by atoms with Crippen molar-refractivity contribution in [3.8, 4) is 0 Å². The first kappa shape index (κ1) is 33.1. The molecule has 1 aliphatic heterocycles. The molecule has 234 valence electrons. The number of aryl methyl sites for hydroxylation is 1. The molecule has 3 aromatic carbocycles. The summed E-state index contributed by atoms with van der Waals surface area (Å²) in [5, 5.41) is 20.3. The number of aliphatic hydroxyl groups is 1. The highest BCUT2D eigenvalue weighted by Crippen LogP contribution is 2.40. The number of carbonyl (C=O) groups excluding carboxylic acids is 3. The van der Waals surface area contributed by atoms with E-state index in [1.54, 1.807) is 0 Å². The van der Waals surface area contributed by atoms with E-state index in [1.807, 2.05) is 99.6 Å². The maximum Gasteiger partial charge on any atom is 0.319 e. The van der Waals surface area contributed by atoms with Crippen molar-refractivity contribution >= 4 is 35.3 Å². The van der Waals surface area contributed by atoms with Crippen molar-refractivity contribution in [1.82, 2.24) is 15.5 Å². The van der Waals surface area contributed by atoms with Gasteiger partial charge >= 0.3 is 6.03 Å². The number of hydrogen-bond acceptors (Lipinski definition) is 5. The highest BCUT2D eigenvalue weighted by atomic mass is 32.2. The molecule has 1 fully saturated rings. The van der Waals surface area contributed by atoms with Gasteiger partial charge in [-0.15, -0.1) is 11.8 Å². The first-order chi connectivity index (χ1) is 20.8. The Hall–Kier alpha value is -3.82. The van der Waals surface area contributed by atoms with Gasteiger partial charge in [-0.25, -0.2) is 4.79 Å². The minimum absolute atomic E-state index is 0.211. The molecule has 44 heavy (non-hydrogen) atoms. The SMILES string of the molecule is Cc1ccccc1CNC(=O)C1N(C(=O)C(O)C(Cc2ccccc2)NC(=O)Nc2ccccc2C(C)(C)C)CSC1(C)C. The predicted octanol–water partition coefficient (Wildman–Crippen LogP) is 5.38. The minimum atomic E-state index is -1.58. The fraction of sp³-hybridized carbons (Fsp3) is 0.400. The van der Waals surface area contributed by atoms with Crippen molar-refractivity contribution in [3.63, 3.8) is 0 Å². The Bertz CT molecular complexity index is 1470. The van der Waals surface area contributed by atoms with Gasteiger partial charge in [-0.05, 0) is 60.9 Å². The standard InChI is InChI=1S/C35H44N4O4S/c1-23-14-10-11-17-25(23)21-36-31(41)30-35(5,6)44-22-39(30)32(42)29(40)28(20-24-15-8-7-9-16-24)38-33(43)37-27-19-13-12-18-26(27)34(2,3)4/h7-19,28-30,40H,20-22H2,1-6H3,(H,36,41)(H2,37,38,43). The van der Waals surface area contributed by atoms with Crippen LogP contribution in [0.4, 0.5) is 10.5 Å². The van der Waals surface area contributed by atoms with E-state index >= 15 is 0 Å². The van der Waals surface area contributed by atoms with E-state index in [1.165, 1.54) is 16.7 Å². The molecule has 3 aromatic rings. The number of thioether (sulfide) groups is 1. The van der Waals surface area contributed by atoms with E-state index in [-0.39, 0.29) is 23.6 Å². The van der Waals surface area contributed by atoms with E-state index < -0.39 is 34.9 Å². The molecule has 1 heterocycles. The normalized spacial score (nSPS) is 17.4. The Kier molecular flexibility index (Phi) is 10.4. The first-order valence-corrected chi connectivity index (χ1v) is 15.9. The summed E-state index contributed by atoms with van der Waals surface area (Å²) in [6, 6.07) is 22.5. The second-order valence-electron chi connectivity index (χ2n) is 12.9. The van der Waals surface area contributed by atoms with Crippen LogP contribution in [0.5, 0.6) is 0 Å². The van der Waals surface area contributed by atoms with Crippen LogP contribution in [-0.4, -0.2) is 56.7 Å². The van der Waals surface area contributed by atoms with E-state index in [0.717, 1.165) is 22.3 Å². The molecule has 1 aliphatic rings. The molecule has 9 heteroatoms. The Balaban J connectivity index is 1.54. The zero-order valence-electron chi connectivity index (χ0n) is 26.4. The average molecular weight is 617 g/mol. The van der Waals surface area contributed by atoms with Crippen molar-refractivity contribution in [2.45, 2.75) is 82.9 Å². The summed E-state index contributed by atoms with van der Waals surface area (Å²) in [5.41, 5.74) is 4.31.